The van der Waals surface area contributed by atoms with Crippen LogP contribution < -0.4 is 5.73 Å². The maximum absolute atomic E-state index is 14.2. The summed E-state index contributed by atoms with van der Waals surface area (Å²) in [6.45, 7) is 0. The topological polar surface area (TPSA) is 76.2 Å². The second-order valence-corrected chi connectivity index (χ2v) is 7.89. The lowest BCUT2D eigenvalue weighted by Crippen LogP contribution is -2.17. The highest BCUT2D eigenvalue weighted by molar-refractivity contribution is 9.11. The van der Waals surface area contributed by atoms with Gasteiger partial charge >= 0.3 is 0 Å². The van der Waals surface area contributed by atoms with Crippen LogP contribution in [0, 0.1) is 5.82 Å². The van der Waals surface area contributed by atoms with Crippen LogP contribution in [0.3, 0.4) is 0 Å². The average molecular weight is 433 g/mol. The molecule has 4 nitrogen and oxygen atoms in total. The van der Waals surface area contributed by atoms with E-state index < -0.39 is 17.7 Å². The van der Waals surface area contributed by atoms with Crippen molar-refractivity contribution in [3.05, 3.63) is 92.1 Å². The molecule has 0 radical (unpaired) electrons. The Morgan fingerprint density at radius 1 is 1.19 bits per heavy atom. The van der Waals surface area contributed by atoms with Gasteiger partial charge in [-0.3, -0.25) is 9.78 Å². The number of Topliss-reactive ketones (excluding diaryl/α,β-unsaturated/α-hetero) is 1. The second-order valence-electron chi connectivity index (χ2n) is 5.43. The molecule has 7 heteroatoms. The zero-order valence-corrected chi connectivity index (χ0v) is 15.8. The van der Waals surface area contributed by atoms with Crippen LogP contribution in [0.1, 0.15) is 26.9 Å². The summed E-state index contributed by atoms with van der Waals surface area (Å²) in [5, 5.41) is 10.8. The summed E-state index contributed by atoms with van der Waals surface area (Å²) in [5.74, 6) is -1.03. The minimum Gasteiger partial charge on any atom is -0.398 e. The summed E-state index contributed by atoms with van der Waals surface area (Å²) in [6, 6.07) is 12.5. The number of aliphatic hydroxyl groups is 1. The number of hydrogen-bond donors (Lipinski definition) is 2. The first kappa shape index (κ1) is 18.4. The van der Waals surface area contributed by atoms with E-state index >= 15 is 0 Å². The third-order valence-electron chi connectivity index (χ3n) is 3.77. The Hall–Kier alpha value is -2.35. The van der Waals surface area contributed by atoms with Gasteiger partial charge in [-0.05, 0) is 46.3 Å². The highest BCUT2D eigenvalue weighted by atomic mass is 79.9. The summed E-state index contributed by atoms with van der Waals surface area (Å²) in [7, 11) is 0. The third kappa shape index (κ3) is 3.75. The number of benzene rings is 1. The standard InChI is InChI=1S/C19H14BrFN2O2S/c20-15-8-7-14(26-15)19(25)16(18(24)11-4-3-9-23-10-11)17(22)12-5-1-2-6-13(12)21/h1-10,18,24H,22H2. The molecule has 0 aliphatic rings. The molecule has 0 aliphatic carbocycles. The fourth-order valence-electron chi connectivity index (χ4n) is 2.49. The zero-order chi connectivity index (χ0) is 18.7. The smallest absolute Gasteiger partial charge is 0.204 e. The summed E-state index contributed by atoms with van der Waals surface area (Å²) in [4.78, 5) is 17.4. The van der Waals surface area contributed by atoms with Crippen molar-refractivity contribution in [3.63, 3.8) is 0 Å². The first-order chi connectivity index (χ1) is 12.5. The molecule has 132 valence electrons. The van der Waals surface area contributed by atoms with Crippen molar-refractivity contribution in [1.82, 2.24) is 4.98 Å². The van der Waals surface area contributed by atoms with Gasteiger partial charge in [0.05, 0.1) is 19.9 Å². The molecule has 2 heterocycles. The Morgan fingerprint density at radius 3 is 2.58 bits per heavy atom. The van der Waals surface area contributed by atoms with Gasteiger partial charge in [-0.25, -0.2) is 4.39 Å². The number of halogens is 2. The maximum atomic E-state index is 14.2. The molecular weight excluding hydrogens is 419 g/mol. The van der Waals surface area contributed by atoms with Crippen molar-refractivity contribution >= 4 is 38.7 Å². The van der Waals surface area contributed by atoms with E-state index in [1.54, 1.807) is 36.5 Å². The normalized spacial score (nSPS) is 13.2. The Labute approximate surface area is 162 Å². The van der Waals surface area contributed by atoms with Crippen molar-refractivity contribution in [3.8, 4) is 0 Å². The lowest BCUT2D eigenvalue weighted by atomic mass is 9.93. The van der Waals surface area contributed by atoms with Gasteiger partial charge in [0, 0.05) is 23.5 Å². The van der Waals surface area contributed by atoms with Gasteiger partial charge in [0.15, 0.2) is 0 Å². The Kier molecular flexibility index (Phi) is 5.61. The number of nitrogens with two attached hydrogens (primary N) is 1. The summed E-state index contributed by atoms with van der Waals surface area (Å²) in [5.41, 5.74) is 6.42. The highest BCUT2D eigenvalue weighted by Crippen LogP contribution is 2.33. The molecular formula is C19H14BrFN2O2S. The van der Waals surface area contributed by atoms with Crippen LogP contribution in [0.5, 0.6) is 0 Å². The molecule has 1 unspecified atom stereocenters. The van der Waals surface area contributed by atoms with Gasteiger partial charge in [-0.1, -0.05) is 18.2 Å². The van der Waals surface area contributed by atoms with E-state index in [-0.39, 0.29) is 16.8 Å². The molecule has 3 aromatic rings. The van der Waals surface area contributed by atoms with Crippen LogP contribution >= 0.6 is 27.3 Å². The van der Waals surface area contributed by atoms with Crippen LogP contribution in [0.15, 0.2) is 70.3 Å². The number of carbonyl (C=O) groups is 1. The first-order valence-electron chi connectivity index (χ1n) is 7.61. The van der Waals surface area contributed by atoms with Crippen LogP contribution in [-0.4, -0.2) is 15.9 Å². The van der Waals surface area contributed by atoms with E-state index in [1.165, 1.54) is 35.7 Å². The molecule has 3 N–H and O–H groups in total. The monoisotopic (exact) mass is 432 g/mol. The molecule has 0 fully saturated rings. The lowest BCUT2D eigenvalue weighted by Gasteiger charge is -2.17. The van der Waals surface area contributed by atoms with E-state index in [4.69, 9.17) is 5.73 Å². The minimum absolute atomic E-state index is 0.0643. The van der Waals surface area contributed by atoms with Gasteiger partial charge in [-0.2, -0.15) is 0 Å². The fraction of sp³-hybridized carbons (Fsp3) is 0.0526. The van der Waals surface area contributed by atoms with Gasteiger partial charge in [0.25, 0.3) is 0 Å². The molecule has 0 aliphatic heterocycles. The van der Waals surface area contributed by atoms with Crippen molar-refractivity contribution in [2.75, 3.05) is 0 Å². The number of ketones is 1. The molecule has 0 bridgehead atoms. The van der Waals surface area contributed by atoms with E-state index in [9.17, 15) is 14.3 Å². The highest BCUT2D eigenvalue weighted by Gasteiger charge is 2.27. The van der Waals surface area contributed by atoms with Gasteiger partial charge in [0.2, 0.25) is 5.78 Å². The molecule has 0 saturated carbocycles. The number of aromatic nitrogens is 1. The largest absolute Gasteiger partial charge is 0.398 e. The van der Waals surface area contributed by atoms with Crippen LogP contribution in [-0.2, 0) is 0 Å². The molecule has 0 amide bonds. The summed E-state index contributed by atoms with van der Waals surface area (Å²) < 4.78 is 15.0. The first-order valence-corrected chi connectivity index (χ1v) is 9.22. The van der Waals surface area contributed by atoms with Crippen molar-refractivity contribution in [1.29, 1.82) is 0 Å². The van der Waals surface area contributed by atoms with Crippen molar-refractivity contribution in [2.24, 2.45) is 5.73 Å². The van der Waals surface area contributed by atoms with Crippen molar-refractivity contribution < 1.29 is 14.3 Å². The van der Waals surface area contributed by atoms with E-state index in [1.807, 2.05) is 0 Å². The lowest BCUT2D eigenvalue weighted by molar-refractivity contribution is 0.0992. The van der Waals surface area contributed by atoms with Gasteiger partial charge in [0.1, 0.15) is 11.9 Å². The molecule has 0 saturated heterocycles. The molecule has 3 rings (SSSR count). The number of carbonyl (C=O) groups excluding carboxylic acids is 1. The fourth-order valence-corrected chi connectivity index (χ4v) is 3.83. The third-order valence-corrected chi connectivity index (χ3v) is 5.39. The van der Waals surface area contributed by atoms with Crippen LogP contribution in [0.4, 0.5) is 4.39 Å². The Morgan fingerprint density at radius 2 is 1.96 bits per heavy atom. The van der Waals surface area contributed by atoms with Gasteiger partial charge in [-0.15, -0.1) is 11.3 Å². The average Bonchev–Trinajstić information content (AvgIpc) is 3.09. The van der Waals surface area contributed by atoms with Crippen LogP contribution in [0.25, 0.3) is 5.70 Å². The van der Waals surface area contributed by atoms with Gasteiger partial charge < -0.3 is 10.8 Å². The second kappa shape index (κ2) is 7.90. The van der Waals surface area contributed by atoms with E-state index in [2.05, 4.69) is 20.9 Å². The molecule has 1 atom stereocenters. The maximum Gasteiger partial charge on any atom is 0.204 e. The quantitative estimate of drug-likeness (QED) is 0.464. The zero-order valence-electron chi connectivity index (χ0n) is 13.4. The number of pyridine rings is 1. The number of rotatable bonds is 5. The molecule has 1 aromatic carbocycles. The Bertz CT molecular complexity index is 972. The molecule has 0 spiro atoms. The minimum atomic E-state index is -1.34. The summed E-state index contributed by atoms with van der Waals surface area (Å²) in [6.07, 6.45) is 1.66. The predicted octanol–water partition coefficient (Wildman–Crippen LogP) is 4.33. The number of thiophene rings is 1. The SMILES string of the molecule is NC(=C(C(=O)c1ccc(Br)s1)C(O)c1cccnc1)c1ccccc1F. The molecule has 2 aromatic heterocycles. The number of aliphatic hydroxyl groups excluding tert-OH is 1. The summed E-state index contributed by atoms with van der Waals surface area (Å²) >= 11 is 4.52. The molecule has 26 heavy (non-hydrogen) atoms. The van der Waals surface area contributed by atoms with E-state index in [0.29, 0.717) is 10.4 Å². The Balaban J connectivity index is 2.17. The van der Waals surface area contributed by atoms with Crippen molar-refractivity contribution in [2.45, 2.75) is 6.10 Å². The van der Waals surface area contributed by atoms with E-state index in [0.717, 1.165) is 3.79 Å². The predicted molar refractivity (Wildman–Crippen MR) is 103 cm³/mol. The number of hydrogen-bond acceptors (Lipinski definition) is 5. The van der Waals surface area contributed by atoms with Crippen LogP contribution in [0.2, 0.25) is 0 Å². The number of nitrogens with zero attached hydrogens (tertiary/aromatic N) is 1.